The van der Waals surface area contributed by atoms with Gasteiger partial charge >= 0.3 is 6.18 Å². The van der Waals surface area contributed by atoms with E-state index < -0.39 is 12.2 Å². The summed E-state index contributed by atoms with van der Waals surface area (Å²) in [6, 6.07) is -1.30. The van der Waals surface area contributed by atoms with Gasteiger partial charge in [-0.15, -0.1) is 0 Å². The summed E-state index contributed by atoms with van der Waals surface area (Å²) in [6.07, 6.45) is -2.07. The van der Waals surface area contributed by atoms with Crippen LogP contribution in [0.25, 0.3) is 0 Å². The molecular formula is C12H22F3N3. The van der Waals surface area contributed by atoms with E-state index in [2.05, 4.69) is 17.3 Å². The summed E-state index contributed by atoms with van der Waals surface area (Å²) in [4.78, 5) is 3.88. The molecular weight excluding hydrogens is 243 g/mol. The molecule has 2 saturated heterocycles. The van der Waals surface area contributed by atoms with Gasteiger partial charge in [-0.3, -0.25) is 4.90 Å². The minimum Gasteiger partial charge on any atom is -0.314 e. The lowest BCUT2D eigenvalue weighted by atomic mass is 9.95. The molecule has 0 bridgehead atoms. The van der Waals surface area contributed by atoms with Crippen molar-refractivity contribution in [3.05, 3.63) is 0 Å². The molecule has 18 heavy (non-hydrogen) atoms. The molecule has 2 heterocycles. The predicted molar refractivity (Wildman–Crippen MR) is 64.5 cm³/mol. The van der Waals surface area contributed by atoms with Gasteiger partial charge in [-0.2, -0.15) is 13.2 Å². The van der Waals surface area contributed by atoms with Crippen LogP contribution in [0.5, 0.6) is 0 Å². The van der Waals surface area contributed by atoms with Crippen molar-refractivity contribution in [1.82, 2.24) is 15.1 Å². The van der Waals surface area contributed by atoms with E-state index in [-0.39, 0.29) is 6.54 Å². The van der Waals surface area contributed by atoms with Gasteiger partial charge in [0.25, 0.3) is 0 Å². The van der Waals surface area contributed by atoms with E-state index in [1.807, 2.05) is 0 Å². The highest BCUT2D eigenvalue weighted by atomic mass is 19.4. The van der Waals surface area contributed by atoms with E-state index >= 15 is 0 Å². The van der Waals surface area contributed by atoms with Crippen LogP contribution in [0.4, 0.5) is 13.2 Å². The van der Waals surface area contributed by atoms with E-state index in [1.54, 1.807) is 4.90 Å². The number of nitrogens with zero attached hydrogens (tertiary/aromatic N) is 2. The van der Waals surface area contributed by atoms with Gasteiger partial charge < -0.3 is 10.2 Å². The molecule has 1 N–H and O–H groups in total. The quantitative estimate of drug-likeness (QED) is 0.808. The van der Waals surface area contributed by atoms with Gasteiger partial charge in [0.1, 0.15) is 6.04 Å². The molecule has 0 aromatic carbocycles. The molecule has 0 aromatic rings. The van der Waals surface area contributed by atoms with Crippen molar-refractivity contribution in [2.45, 2.75) is 25.1 Å². The highest BCUT2D eigenvalue weighted by Gasteiger charge is 2.44. The first-order chi connectivity index (χ1) is 8.47. The molecule has 0 amide bonds. The van der Waals surface area contributed by atoms with Gasteiger partial charge in [0, 0.05) is 26.2 Å². The van der Waals surface area contributed by atoms with E-state index in [9.17, 15) is 13.2 Å². The number of hydrogen-bond acceptors (Lipinski definition) is 3. The van der Waals surface area contributed by atoms with Crippen LogP contribution in [0, 0.1) is 5.92 Å². The monoisotopic (exact) mass is 265 g/mol. The zero-order valence-electron chi connectivity index (χ0n) is 10.8. The third-order valence-corrected chi connectivity index (χ3v) is 4.06. The van der Waals surface area contributed by atoms with Crippen molar-refractivity contribution in [3.63, 3.8) is 0 Å². The smallest absolute Gasteiger partial charge is 0.314 e. The number of alkyl halides is 3. The Morgan fingerprint density at radius 1 is 1.17 bits per heavy atom. The zero-order chi connectivity index (χ0) is 13.2. The van der Waals surface area contributed by atoms with Gasteiger partial charge in [0.15, 0.2) is 0 Å². The standard InChI is InChI=1S/C12H22F3N3/c1-17-5-2-10(3-6-17)9-18-7-4-16-8-11(18)12(13,14)15/h10-11,16H,2-9H2,1H3. The lowest BCUT2D eigenvalue weighted by Gasteiger charge is -2.40. The number of halogens is 3. The SMILES string of the molecule is CN1CCC(CN2CCNCC2C(F)(F)F)CC1. The van der Waals surface area contributed by atoms with Crippen LogP contribution in [0.1, 0.15) is 12.8 Å². The zero-order valence-corrected chi connectivity index (χ0v) is 10.8. The van der Waals surface area contributed by atoms with Crippen molar-refractivity contribution < 1.29 is 13.2 Å². The Kier molecular flexibility index (Phi) is 4.50. The summed E-state index contributed by atoms with van der Waals surface area (Å²) in [5.74, 6) is 0.421. The van der Waals surface area contributed by atoms with E-state index in [0.29, 0.717) is 25.6 Å². The molecule has 2 aliphatic rings. The normalized spacial score (nSPS) is 29.7. The van der Waals surface area contributed by atoms with E-state index in [0.717, 1.165) is 25.9 Å². The largest absolute Gasteiger partial charge is 0.405 e. The Balaban J connectivity index is 1.89. The topological polar surface area (TPSA) is 18.5 Å². The van der Waals surface area contributed by atoms with Gasteiger partial charge in [0.2, 0.25) is 0 Å². The molecule has 2 aliphatic heterocycles. The Bertz CT molecular complexity index is 262. The fourth-order valence-electron chi connectivity index (χ4n) is 2.86. The van der Waals surface area contributed by atoms with Crippen LogP contribution in [0.3, 0.4) is 0 Å². The Morgan fingerprint density at radius 2 is 1.83 bits per heavy atom. The van der Waals surface area contributed by atoms with Crippen molar-refractivity contribution >= 4 is 0 Å². The molecule has 0 spiro atoms. The van der Waals surface area contributed by atoms with Crippen molar-refractivity contribution in [2.24, 2.45) is 5.92 Å². The van der Waals surface area contributed by atoms with Crippen molar-refractivity contribution in [1.29, 1.82) is 0 Å². The maximum Gasteiger partial charge on any atom is 0.405 e. The average molecular weight is 265 g/mol. The number of piperazine rings is 1. The average Bonchev–Trinajstić information content (AvgIpc) is 2.31. The van der Waals surface area contributed by atoms with E-state index in [4.69, 9.17) is 0 Å². The minimum atomic E-state index is -4.11. The summed E-state index contributed by atoms with van der Waals surface area (Å²) in [5, 5.41) is 2.85. The molecule has 0 aliphatic carbocycles. The first-order valence-corrected chi connectivity index (χ1v) is 6.67. The van der Waals surface area contributed by atoms with Crippen molar-refractivity contribution in [3.8, 4) is 0 Å². The Morgan fingerprint density at radius 3 is 2.44 bits per heavy atom. The Hall–Kier alpha value is -0.330. The molecule has 1 unspecified atom stereocenters. The fourth-order valence-corrected chi connectivity index (χ4v) is 2.86. The number of piperidine rings is 1. The summed E-state index contributed by atoms with van der Waals surface area (Å²) in [6.45, 7) is 3.83. The Labute approximate surface area is 106 Å². The highest BCUT2D eigenvalue weighted by molar-refractivity contribution is 4.87. The number of likely N-dealkylation sites (tertiary alicyclic amines) is 1. The second-order valence-electron chi connectivity index (χ2n) is 5.50. The van der Waals surface area contributed by atoms with Crippen LogP contribution in [0.15, 0.2) is 0 Å². The van der Waals surface area contributed by atoms with Crippen LogP contribution in [-0.2, 0) is 0 Å². The maximum atomic E-state index is 12.9. The predicted octanol–water partition coefficient (Wildman–Crippen LogP) is 1.16. The lowest BCUT2D eigenvalue weighted by molar-refractivity contribution is -0.188. The summed E-state index contributed by atoms with van der Waals surface area (Å²) in [7, 11) is 2.07. The first kappa shape index (κ1) is 14.1. The molecule has 0 aromatic heterocycles. The van der Waals surface area contributed by atoms with Crippen LogP contribution in [0.2, 0.25) is 0 Å². The molecule has 0 radical (unpaired) electrons. The summed E-state index contributed by atoms with van der Waals surface area (Å²) in [5.41, 5.74) is 0. The van der Waals surface area contributed by atoms with Crippen LogP contribution >= 0.6 is 0 Å². The minimum absolute atomic E-state index is 0.0378. The van der Waals surface area contributed by atoms with Crippen molar-refractivity contribution in [2.75, 3.05) is 46.3 Å². The molecule has 2 fully saturated rings. The molecule has 0 saturated carbocycles. The molecule has 6 heteroatoms. The van der Waals surface area contributed by atoms with Crippen LogP contribution < -0.4 is 5.32 Å². The second-order valence-corrected chi connectivity index (χ2v) is 5.50. The number of hydrogen-bond donors (Lipinski definition) is 1. The van der Waals surface area contributed by atoms with Gasteiger partial charge in [-0.25, -0.2) is 0 Å². The molecule has 3 nitrogen and oxygen atoms in total. The van der Waals surface area contributed by atoms with Gasteiger partial charge in [-0.05, 0) is 38.9 Å². The summed E-state index contributed by atoms with van der Waals surface area (Å²) < 4.78 is 38.8. The fraction of sp³-hybridized carbons (Fsp3) is 1.00. The van der Waals surface area contributed by atoms with Gasteiger partial charge in [-0.1, -0.05) is 0 Å². The third kappa shape index (κ3) is 3.59. The maximum absolute atomic E-state index is 12.9. The molecule has 2 rings (SSSR count). The number of rotatable bonds is 2. The van der Waals surface area contributed by atoms with Gasteiger partial charge in [0.05, 0.1) is 0 Å². The third-order valence-electron chi connectivity index (χ3n) is 4.06. The van der Waals surface area contributed by atoms with Crippen LogP contribution in [-0.4, -0.2) is 68.3 Å². The second kappa shape index (κ2) is 5.75. The molecule has 1 atom stereocenters. The number of nitrogens with one attached hydrogen (secondary N) is 1. The highest BCUT2D eigenvalue weighted by Crippen LogP contribution is 2.28. The summed E-state index contributed by atoms with van der Waals surface area (Å²) >= 11 is 0. The first-order valence-electron chi connectivity index (χ1n) is 6.67. The lowest BCUT2D eigenvalue weighted by Crippen LogP contribution is -2.59. The van der Waals surface area contributed by atoms with E-state index in [1.165, 1.54) is 0 Å². The molecule has 106 valence electrons.